The molecule has 1 fully saturated rings. The predicted molar refractivity (Wildman–Crippen MR) is 112 cm³/mol. The van der Waals surface area contributed by atoms with Gasteiger partial charge >= 0.3 is 5.97 Å². The van der Waals surface area contributed by atoms with Crippen LogP contribution in [0.4, 0.5) is 0 Å². The molecule has 0 aliphatic carbocycles. The van der Waals surface area contributed by atoms with Gasteiger partial charge in [0.25, 0.3) is 5.91 Å². The lowest BCUT2D eigenvalue weighted by molar-refractivity contribution is -0.146. The molecule has 0 saturated carbocycles. The Balaban J connectivity index is 1.33. The average molecular weight is 410 g/mol. The SMILES string of the molecule is COC(=O)C1CCN(C(=O)c2ccc(SCc3cn4ccccc4n3)cc2)CC1. The highest BCUT2D eigenvalue weighted by Crippen LogP contribution is 2.24. The van der Waals surface area contributed by atoms with Crippen LogP contribution in [0.2, 0.25) is 0 Å². The third-order valence-electron chi connectivity index (χ3n) is 5.22. The Morgan fingerprint density at radius 3 is 2.59 bits per heavy atom. The van der Waals surface area contributed by atoms with E-state index in [-0.39, 0.29) is 17.8 Å². The second-order valence-corrected chi connectivity index (χ2v) is 8.15. The number of rotatable bonds is 5. The summed E-state index contributed by atoms with van der Waals surface area (Å²) in [6, 6.07) is 13.7. The molecule has 1 aliphatic rings. The van der Waals surface area contributed by atoms with Crippen LogP contribution < -0.4 is 0 Å². The molecule has 0 N–H and O–H groups in total. The fourth-order valence-electron chi connectivity index (χ4n) is 3.58. The summed E-state index contributed by atoms with van der Waals surface area (Å²) in [6.45, 7) is 1.17. The minimum atomic E-state index is -0.177. The molecule has 150 valence electrons. The van der Waals surface area contributed by atoms with E-state index < -0.39 is 0 Å². The largest absolute Gasteiger partial charge is 0.469 e. The van der Waals surface area contributed by atoms with Crippen molar-refractivity contribution in [1.82, 2.24) is 14.3 Å². The standard InChI is InChI=1S/C22H23N3O3S/c1-28-22(27)17-9-12-24(13-10-17)21(26)16-5-7-19(8-6-16)29-15-18-14-25-11-3-2-4-20(25)23-18/h2-8,11,14,17H,9-10,12-13,15H2,1H3. The summed E-state index contributed by atoms with van der Waals surface area (Å²) >= 11 is 1.70. The van der Waals surface area contributed by atoms with Crippen LogP contribution in [0, 0.1) is 5.92 Å². The van der Waals surface area contributed by atoms with Gasteiger partial charge in [-0.15, -0.1) is 11.8 Å². The first-order chi connectivity index (χ1) is 14.1. The number of esters is 1. The maximum atomic E-state index is 12.7. The molecule has 1 amide bonds. The Morgan fingerprint density at radius 2 is 1.90 bits per heavy atom. The van der Waals surface area contributed by atoms with Gasteiger partial charge in [-0.05, 0) is 49.2 Å². The van der Waals surface area contributed by atoms with Crippen LogP contribution in [-0.4, -0.2) is 46.4 Å². The predicted octanol–water partition coefficient (Wildman–Crippen LogP) is 3.65. The van der Waals surface area contributed by atoms with Gasteiger partial charge < -0.3 is 14.0 Å². The van der Waals surface area contributed by atoms with Crippen LogP contribution in [0.3, 0.4) is 0 Å². The van der Waals surface area contributed by atoms with Crippen molar-refractivity contribution in [3.05, 3.63) is 66.1 Å². The van der Waals surface area contributed by atoms with Crippen LogP contribution in [0.25, 0.3) is 5.65 Å². The van der Waals surface area contributed by atoms with Gasteiger partial charge in [0.15, 0.2) is 0 Å². The summed E-state index contributed by atoms with van der Waals surface area (Å²) in [5.41, 5.74) is 2.65. The number of aromatic nitrogens is 2. The third-order valence-corrected chi connectivity index (χ3v) is 6.26. The van der Waals surface area contributed by atoms with Crippen molar-refractivity contribution in [2.24, 2.45) is 5.92 Å². The van der Waals surface area contributed by atoms with Crippen molar-refractivity contribution in [3.63, 3.8) is 0 Å². The highest BCUT2D eigenvalue weighted by atomic mass is 32.2. The number of ether oxygens (including phenoxy) is 1. The quantitative estimate of drug-likeness (QED) is 0.475. The zero-order chi connectivity index (χ0) is 20.2. The van der Waals surface area contributed by atoms with E-state index in [4.69, 9.17) is 4.74 Å². The molecule has 0 radical (unpaired) electrons. The zero-order valence-electron chi connectivity index (χ0n) is 16.3. The number of methoxy groups -OCH3 is 1. The zero-order valence-corrected chi connectivity index (χ0v) is 17.1. The Hall–Kier alpha value is -2.80. The third kappa shape index (κ3) is 4.45. The van der Waals surface area contributed by atoms with Gasteiger partial charge in [-0.1, -0.05) is 6.07 Å². The van der Waals surface area contributed by atoms with Crippen LogP contribution in [-0.2, 0) is 15.3 Å². The van der Waals surface area contributed by atoms with E-state index in [0.29, 0.717) is 31.5 Å². The maximum absolute atomic E-state index is 12.7. The van der Waals surface area contributed by atoms with Crippen molar-refractivity contribution in [2.75, 3.05) is 20.2 Å². The molecule has 0 atom stereocenters. The second kappa shape index (κ2) is 8.69. The maximum Gasteiger partial charge on any atom is 0.308 e. The van der Waals surface area contributed by atoms with E-state index in [0.717, 1.165) is 22.0 Å². The molecule has 1 aliphatic heterocycles. The monoisotopic (exact) mass is 409 g/mol. The highest BCUT2D eigenvalue weighted by molar-refractivity contribution is 7.98. The van der Waals surface area contributed by atoms with Crippen LogP contribution >= 0.6 is 11.8 Å². The van der Waals surface area contributed by atoms with Crippen molar-refractivity contribution in [1.29, 1.82) is 0 Å². The number of nitrogens with zero attached hydrogens (tertiary/aromatic N) is 3. The van der Waals surface area contributed by atoms with Gasteiger partial charge in [0.1, 0.15) is 5.65 Å². The number of pyridine rings is 1. The van der Waals surface area contributed by atoms with Gasteiger partial charge in [-0.25, -0.2) is 4.98 Å². The minimum Gasteiger partial charge on any atom is -0.469 e. The van der Waals surface area contributed by atoms with E-state index >= 15 is 0 Å². The molecule has 7 heteroatoms. The van der Waals surface area contributed by atoms with Crippen LogP contribution in [0.15, 0.2) is 59.8 Å². The molecular weight excluding hydrogens is 386 g/mol. The number of fused-ring (bicyclic) bond motifs is 1. The molecule has 4 rings (SSSR count). The van der Waals surface area contributed by atoms with Gasteiger partial charge in [0, 0.05) is 41.7 Å². The molecule has 0 spiro atoms. The lowest BCUT2D eigenvalue weighted by Crippen LogP contribution is -2.40. The number of piperidine rings is 1. The van der Waals surface area contributed by atoms with Crippen molar-refractivity contribution in [2.45, 2.75) is 23.5 Å². The summed E-state index contributed by atoms with van der Waals surface area (Å²) in [7, 11) is 1.41. The number of benzene rings is 1. The first kappa shape index (κ1) is 19.5. The normalized spacial score (nSPS) is 14.9. The Morgan fingerprint density at radius 1 is 1.14 bits per heavy atom. The number of imidazole rings is 1. The smallest absolute Gasteiger partial charge is 0.308 e. The van der Waals surface area contributed by atoms with Crippen molar-refractivity contribution < 1.29 is 14.3 Å². The molecule has 29 heavy (non-hydrogen) atoms. The van der Waals surface area contributed by atoms with E-state index in [1.165, 1.54) is 7.11 Å². The van der Waals surface area contributed by atoms with Crippen LogP contribution in [0.1, 0.15) is 28.9 Å². The van der Waals surface area contributed by atoms with Crippen LogP contribution in [0.5, 0.6) is 0 Å². The molecule has 0 unspecified atom stereocenters. The second-order valence-electron chi connectivity index (χ2n) is 7.10. The Kier molecular flexibility index (Phi) is 5.85. The topological polar surface area (TPSA) is 63.9 Å². The fraction of sp³-hybridized carbons (Fsp3) is 0.318. The summed E-state index contributed by atoms with van der Waals surface area (Å²) < 4.78 is 6.82. The molecular formula is C22H23N3O3S. The number of carbonyl (C=O) groups excluding carboxylic acids is 2. The first-order valence-electron chi connectivity index (χ1n) is 9.66. The van der Waals surface area contributed by atoms with Crippen molar-refractivity contribution >= 4 is 29.3 Å². The van der Waals surface area contributed by atoms with Gasteiger partial charge in [-0.2, -0.15) is 0 Å². The number of amides is 1. The molecule has 3 heterocycles. The van der Waals surface area contributed by atoms with Crippen molar-refractivity contribution in [3.8, 4) is 0 Å². The first-order valence-corrected chi connectivity index (χ1v) is 10.6. The molecule has 3 aromatic rings. The van der Waals surface area contributed by atoms with E-state index in [1.807, 2.05) is 64.2 Å². The Bertz CT molecular complexity index is 975. The number of carbonyl (C=O) groups is 2. The molecule has 2 aromatic heterocycles. The minimum absolute atomic E-state index is 0.0187. The number of thioether (sulfide) groups is 1. The van der Waals surface area contributed by atoms with E-state index in [2.05, 4.69) is 4.98 Å². The number of hydrogen-bond donors (Lipinski definition) is 0. The number of likely N-dealkylation sites (tertiary alicyclic amines) is 1. The molecule has 6 nitrogen and oxygen atoms in total. The highest BCUT2D eigenvalue weighted by Gasteiger charge is 2.28. The Labute approximate surface area is 173 Å². The lowest BCUT2D eigenvalue weighted by Gasteiger charge is -2.30. The van der Waals surface area contributed by atoms with Gasteiger partial charge in [0.05, 0.1) is 18.7 Å². The average Bonchev–Trinajstić information content (AvgIpc) is 3.20. The summed E-state index contributed by atoms with van der Waals surface area (Å²) in [6.07, 6.45) is 5.35. The van der Waals surface area contributed by atoms with Gasteiger partial charge in [-0.3, -0.25) is 9.59 Å². The summed E-state index contributed by atoms with van der Waals surface area (Å²) in [5, 5.41) is 0. The number of hydrogen-bond acceptors (Lipinski definition) is 5. The molecule has 1 saturated heterocycles. The van der Waals surface area contributed by atoms with E-state index in [1.54, 1.807) is 11.8 Å². The van der Waals surface area contributed by atoms with E-state index in [9.17, 15) is 9.59 Å². The fourth-order valence-corrected chi connectivity index (χ4v) is 4.36. The molecule has 1 aromatic carbocycles. The van der Waals surface area contributed by atoms with Gasteiger partial charge in [0.2, 0.25) is 0 Å². The summed E-state index contributed by atoms with van der Waals surface area (Å²) in [5.74, 6) is 0.521. The molecule has 0 bridgehead atoms. The lowest BCUT2D eigenvalue weighted by atomic mass is 9.96. The summed E-state index contributed by atoms with van der Waals surface area (Å²) in [4.78, 5) is 31.9.